The highest BCUT2D eigenvalue weighted by Crippen LogP contribution is 2.35. The lowest BCUT2D eigenvalue weighted by Crippen LogP contribution is -2.57. The zero-order chi connectivity index (χ0) is 17.4. The molecule has 0 radical (unpaired) electrons. The van der Waals surface area contributed by atoms with Crippen LogP contribution in [0.1, 0.15) is 32.6 Å². The summed E-state index contributed by atoms with van der Waals surface area (Å²) in [5.41, 5.74) is 0. The molecular formula is C13H22N5O4S2+. The van der Waals surface area contributed by atoms with Crippen molar-refractivity contribution in [3.8, 4) is 0 Å². The summed E-state index contributed by atoms with van der Waals surface area (Å²) in [6.07, 6.45) is 2.34. The van der Waals surface area contributed by atoms with Crippen LogP contribution in [-0.2, 0) is 10.0 Å². The minimum absolute atomic E-state index is 0.111. The van der Waals surface area contributed by atoms with E-state index in [2.05, 4.69) is 15.5 Å². The van der Waals surface area contributed by atoms with Gasteiger partial charge in [-0.25, -0.2) is 13.2 Å². The Labute approximate surface area is 144 Å². The SMILES string of the molecule is CCC[N+]1(c2nnc(S(=O)(=O)N3CCCCC3)s2)C(=O)NCC1O. The summed E-state index contributed by atoms with van der Waals surface area (Å²) in [7, 11) is -3.69. The zero-order valence-electron chi connectivity index (χ0n) is 13.5. The van der Waals surface area contributed by atoms with Crippen LogP contribution >= 0.6 is 11.3 Å². The van der Waals surface area contributed by atoms with Crippen LogP contribution in [0.2, 0.25) is 0 Å². The van der Waals surface area contributed by atoms with Crippen molar-refractivity contribution in [2.24, 2.45) is 0 Å². The Morgan fingerprint density at radius 3 is 2.62 bits per heavy atom. The normalized spacial score (nSPS) is 28.9. The summed E-state index contributed by atoms with van der Waals surface area (Å²) in [5.74, 6) is 0. The topological polar surface area (TPSA) is 112 Å². The van der Waals surface area contributed by atoms with Crippen LogP contribution in [-0.4, -0.2) is 66.5 Å². The molecule has 2 N–H and O–H groups in total. The van der Waals surface area contributed by atoms with Gasteiger partial charge in [0.25, 0.3) is 14.4 Å². The number of nitrogens with one attached hydrogen (secondary N) is 1. The van der Waals surface area contributed by atoms with Gasteiger partial charge in [0.2, 0.25) is 6.23 Å². The van der Waals surface area contributed by atoms with Crippen molar-refractivity contribution in [3.63, 3.8) is 0 Å². The summed E-state index contributed by atoms with van der Waals surface area (Å²) < 4.78 is 26.3. The Bertz CT molecular complexity index is 716. The fourth-order valence-electron chi connectivity index (χ4n) is 3.21. The quantitative estimate of drug-likeness (QED) is 0.571. The molecule has 11 heteroatoms. The van der Waals surface area contributed by atoms with Crippen molar-refractivity contribution < 1.29 is 18.3 Å². The number of sulfonamides is 1. The number of rotatable bonds is 5. The third-order valence-corrected chi connectivity index (χ3v) is 7.79. The van der Waals surface area contributed by atoms with Gasteiger partial charge in [0.1, 0.15) is 6.54 Å². The maximum Gasteiger partial charge on any atom is 0.426 e. The molecule has 2 amide bonds. The number of aliphatic hydroxyl groups excluding tert-OH is 1. The number of hydrogen-bond donors (Lipinski definition) is 2. The Balaban J connectivity index is 1.95. The Hall–Kier alpha value is -1.14. The third kappa shape index (κ3) is 2.73. The van der Waals surface area contributed by atoms with Gasteiger partial charge in [-0.3, -0.25) is 5.32 Å². The molecule has 134 valence electrons. The molecular weight excluding hydrogens is 354 g/mol. The van der Waals surface area contributed by atoms with E-state index < -0.39 is 20.7 Å². The van der Waals surface area contributed by atoms with E-state index in [1.54, 1.807) is 0 Å². The fourth-order valence-corrected chi connectivity index (χ4v) is 6.05. The van der Waals surface area contributed by atoms with E-state index in [0.717, 1.165) is 30.6 Å². The average Bonchev–Trinajstić information content (AvgIpc) is 3.18. The van der Waals surface area contributed by atoms with Crippen LogP contribution in [0.15, 0.2) is 4.34 Å². The van der Waals surface area contributed by atoms with Crippen molar-refractivity contribution in [2.45, 2.75) is 43.2 Å². The van der Waals surface area contributed by atoms with E-state index in [-0.39, 0.29) is 22.0 Å². The highest BCUT2D eigenvalue weighted by atomic mass is 32.2. The van der Waals surface area contributed by atoms with Crippen molar-refractivity contribution in [1.29, 1.82) is 0 Å². The largest absolute Gasteiger partial charge is 0.426 e. The van der Waals surface area contributed by atoms with Gasteiger partial charge in [-0.15, -0.1) is 5.10 Å². The van der Waals surface area contributed by atoms with E-state index in [9.17, 15) is 18.3 Å². The second-order valence-corrected chi connectivity index (χ2v) is 9.14. The zero-order valence-corrected chi connectivity index (χ0v) is 15.1. The van der Waals surface area contributed by atoms with Crippen LogP contribution in [0.4, 0.5) is 9.93 Å². The molecule has 2 unspecified atom stereocenters. The summed E-state index contributed by atoms with van der Waals surface area (Å²) >= 11 is 0.877. The number of nitrogens with zero attached hydrogens (tertiary/aromatic N) is 4. The van der Waals surface area contributed by atoms with E-state index >= 15 is 0 Å². The molecule has 1 aromatic heterocycles. The molecule has 2 fully saturated rings. The van der Waals surface area contributed by atoms with Gasteiger partial charge in [-0.05, 0) is 30.6 Å². The van der Waals surface area contributed by atoms with Gasteiger partial charge in [-0.1, -0.05) is 18.4 Å². The molecule has 3 rings (SSSR count). The smallest absolute Gasteiger partial charge is 0.343 e. The predicted molar refractivity (Wildman–Crippen MR) is 88.9 cm³/mol. The number of amides is 2. The molecule has 0 aromatic carbocycles. The fraction of sp³-hybridized carbons (Fsp3) is 0.769. The van der Waals surface area contributed by atoms with Crippen molar-refractivity contribution in [2.75, 3.05) is 26.2 Å². The van der Waals surface area contributed by atoms with Crippen molar-refractivity contribution in [3.05, 3.63) is 0 Å². The van der Waals surface area contributed by atoms with Crippen LogP contribution in [0, 0.1) is 0 Å². The van der Waals surface area contributed by atoms with Gasteiger partial charge < -0.3 is 5.11 Å². The van der Waals surface area contributed by atoms with Gasteiger partial charge in [0.15, 0.2) is 0 Å². The lowest BCUT2D eigenvalue weighted by atomic mass is 10.2. The minimum atomic E-state index is -3.69. The van der Waals surface area contributed by atoms with Crippen LogP contribution < -0.4 is 9.80 Å². The highest BCUT2D eigenvalue weighted by Gasteiger charge is 2.54. The molecule has 0 saturated carbocycles. The average molecular weight is 376 g/mol. The van der Waals surface area contributed by atoms with Crippen LogP contribution in [0.5, 0.6) is 0 Å². The number of urea groups is 1. The molecule has 0 aliphatic carbocycles. The maximum atomic E-state index is 12.7. The summed E-state index contributed by atoms with van der Waals surface area (Å²) in [5, 5.41) is 21.0. The number of aliphatic hydroxyl groups is 1. The Morgan fingerprint density at radius 1 is 1.33 bits per heavy atom. The first-order valence-electron chi connectivity index (χ1n) is 8.11. The first-order chi connectivity index (χ1) is 11.4. The van der Waals surface area contributed by atoms with Gasteiger partial charge in [-0.2, -0.15) is 8.79 Å². The van der Waals surface area contributed by atoms with E-state index in [1.165, 1.54) is 4.31 Å². The number of aromatic nitrogens is 2. The number of piperidine rings is 1. The number of β-amino-alcohol motifs (C(OH)–C–C–N with tert-alkyl or cyclic N) is 1. The molecule has 3 heterocycles. The van der Waals surface area contributed by atoms with E-state index in [1.807, 2.05) is 6.92 Å². The van der Waals surface area contributed by atoms with Gasteiger partial charge in [0, 0.05) is 13.1 Å². The second kappa shape index (κ2) is 6.64. The number of carbonyl (C=O) groups is 1. The van der Waals surface area contributed by atoms with E-state index in [0.29, 0.717) is 26.1 Å². The van der Waals surface area contributed by atoms with Gasteiger partial charge >= 0.3 is 11.2 Å². The van der Waals surface area contributed by atoms with Gasteiger partial charge in [0.05, 0.1) is 6.54 Å². The molecule has 0 bridgehead atoms. The van der Waals surface area contributed by atoms with Crippen molar-refractivity contribution in [1.82, 2.24) is 24.3 Å². The monoisotopic (exact) mass is 376 g/mol. The third-order valence-electron chi connectivity index (χ3n) is 4.50. The molecule has 2 aliphatic heterocycles. The highest BCUT2D eigenvalue weighted by molar-refractivity contribution is 7.91. The Kier molecular flexibility index (Phi) is 4.89. The summed E-state index contributed by atoms with van der Waals surface area (Å²) in [6.45, 7) is 3.31. The van der Waals surface area contributed by atoms with Crippen molar-refractivity contribution >= 4 is 32.5 Å². The molecule has 9 nitrogen and oxygen atoms in total. The number of carbonyl (C=O) groups excluding carboxylic acids is 1. The summed E-state index contributed by atoms with van der Waals surface area (Å²) in [4.78, 5) is 12.3. The molecule has 24 heavy (non-hydrogen) atoms. The number of quaternary nitrogens is 1. The minimum Gasteiger partial charge on any atom is -0.343 e. The first-order valence-corrected chi connectivity index (χ1v) is 10.4. The number of hydrogen-bond acceptors (Lipinski definition) is 7. The molecule has 1 aromatic rings. The summed E-state index contributed by atoms with van der Waals surface area (Å²) in [6, 6.07) is -0.373. The predicted octanol–water partition coefficient (Wildman–Crippen LogP) is 0.472. The molecule has 0 spiro atoms. The van der Waals surface area contributed by atoms with Crippen LogP contribution in [0.25, 0.3) is 0 Å². The second-order valence-electron chi connectivity index (χ2n) is 6.07. The standard InChI is InChI=1S/C13H21N5O4S2/c1-2-8-18(10(19)9-14-11(18)20)12-15-16-13(23-12)24(21,22)17-6-4-3-5-7-17/h10,19H,2-9H2,1H3/p+1. The van der Waals surface area contributed by atoms with Crippen LogP contribution in [0.3, 0.4) is 0 Å². The first kappa shape index (κ1) is 17.7. The lowest BCUT2D eigenvalue weighted by Gasteiger charge is -2.28. The molecule has 2 saturated heterocycles. The Morgan fingerprint density at radius 2 is 2.04 bits per heavy atom. The maximum absolute atomic E-state index is 12.7. The van der Waals surface area contributed by atoms with E-state index in [4.69, 9.17) is 0 Å². The molecule has 2 atom stereocenters. The molecule has 2 aliphatic rings. The lowest BCUT2D eigenvalue weighted by molar-refractivity contribution is 0.0674.